The van der Waals surface area contributed by atoms with E-state index in [2.05, 4.69) is 25.3 Å². The van der Waals surface area contributed by atoms with E-state index in [0.717, 1.165) is 0 Å². The van der Waals surface area contributed by atoms with Gasteiger partial charge in [-0.3, -0.25) is 9.59 Å². The highest BCUT2D eigenvalue weighted by Gasteiger charge is 2.28. The Morgan fingerprint density at radius 2 is 1.00 bits per heavy atom. The molecule has 0 bridgehead atoms. The van der Waals surface area contributed by atoms with Crippen LogP contribution in [0.4, 0.5) is 0 Å². The summed E-state index contributed by atoms with van der Waals surface area (Å²) < 4.78 is 0. The Balaban J connectivity index is 4.70. The lowest BCUT2D eigenvalue weighted by molar-refractivity contribution is -0.152. The van der Waals surface area contributed by atoms with Crippen molar-refractivity contribution < 1.29 is 29.4 Å². The Morgan fingerprint density at radius 1 is 0.700 bits per heavy atom. The summed E-state index contributed by atoms with van der Waals surface area (Å²) in [6, 6.07) is 0. The molecule has 2 N–H and O–H groups in total. The molecule has 0 aliphatic heterocycles. The summed E-state index contributed by atoms with van der Waals surface area (Å²) in [6.45, 7) is 0. The van der Waals surface area contributed by atoms with Gasteiger partial charge in [-0.15, -0.1) is 0 Å². The van der Waals surface area contributed by atoms with Crippen LogP contribution in [-0.4, -0.2) is 45.2 Å². The Labute approximate surface area is 127 Å². The second kappa shape index (κ2) is 9.82. The molecule has 0 saturated heterocycles. The normalized spacial score (nSPS) is 13.5. The van der Waals surface area contributed by atoms with Gasteiger partial charge in [0.15, 0.2) is 0 Å². The molecule has 0 amide bonds. The zero-order valence-corrected chi connectivity index (χ0v) is 12.6. The van der Waals surface area contributed by atoms with Gasteiger partial charge in [-0.1, -0.05) is 0 Å². The van der Waals surface area contributed by atoms with Crippen LogP contribution in [0, 0.1) is 11.8 Å². The maximum atomic E-state index is 11.5. The molecule has 0 aromatic heterocycles. The molecule has 0 heterocycles. The third-order valence-corrected chi connectivity index (χ3v) is 3.50. The molecule has 114 valence electrons. The van der Waals surface area contributed by atoms with E-state index in [9.17, 15) is 19.2 Å². The number of carboxylic acids is 2. The molecule has 0 rings (SSSR count). The summed E-state index contributed by atoms with van der Waals surface area (Å²) in [5, 5.41) is 17.4. The summed E-state index contributed by atoms with van der Waals surface area (Å²) >= 11 is 7.93. The van der Waals surface area contributed by atoms with E-state index in [1.165, 1.54) is 0 Å². The SMILES string of the molecule is O=C(O)C(=O)C(CCS)CCC(CCS)C(=O)C(=O)O. The predicted molar refractivity (Wildman–Crippen MR) is 78.4 cm³/mol. The van der Waals surface area contributed by atoms with Crippen LogP contribution >= 0.6 is 25.3 Å². The van der Waals surface area contributed by atoms with Crippen LogP contribution in [0.25, 0.3) is 0 Å². The first kappa shape index (κ1) is 19.0. The molecule has 0 aliphatic rings. The van der Waals surface area contributed by atoms with E-state index >= 15 is 0 Å². The molecule has 0 aliphatic carbocycles. The van der Waals surface area contributed by atoms with Crippen LogP contribution in [0.3, 0.4) is 0 Å². The molecule has 0 fully saturated rings. The standard InChI is InChI=1S/C12H18O6S2/c13-9(11(15)16)7(3-5-19)1-2-8(4-6-20)10(14)12(17)18/h7-8,19-20H,1-6H2,(H,15,16)(H,17,18). The first-order chi connectivity index (χ1) is 9.34. The lowest BCUT2D eigenvalue weighted by atomic mass is 9.88. The van der Waals surface area contributed by atoms with E-state index < -0.39 is 35.3 Å². The van der Waals surface area contributed by atoms with Crippen LogP contribution < -0.4 is 0 Å². The summed E-state index contributed by atoms with van der Waals surface area (Å²) in [5.74, 6) is -5.69. The highest BCUT2D eigenvalue weighted by molar-refractivity contribution is 7.80. The van der Waals surface area contributed by atoms with Gasteiger partial charge in [-0.05, 0) is 37.2 Å². The minimum Gasteiger partial charge on any atom is -0.475 e. The smallest absolute Gasteiger partial charge is 0.372 e. The Bertz CT molecular complexity index is 346. The molecule has 0 aromatic carbocycles. The lowest BCUT2D eigenvalue weighted by Crippen LogP contribution is -2.28. The molecular formula is C12H18O6S2. The number of thiol groups is 2. The van der Waals surface area contributed by atoms with Crippen LogP contribution in [0.1, 0.15) is 25.7 Å². The van der Waals surface area contributed by atoms with Crippen molar-refractivity contribution in [1.29, 1.82) is 0 Å². The molecule has 6 nitrogen and oxygen atoms in total. The van der Waals surface area contributed by atoms with Crippen molar-refractivity contribution in [2.75, 3.05) is 11.5 Å². The number of carboxylic acid groups (broad SMARTS) is 2. The van der Waals surface area contributed by atoms with Gasteiger partial charge >= 0.3 is 11.9 Å². The van der Waals surface area contributed by atoms with Crippen molar-refractivity contribution in [1.82, 2.24) is 0 Å². The van der Waals surface area contributed by atoms with Crippen molar-refractivity contribution in [3.05, 3.63) is 0 Å². The fraction of sp³-hybridized carbons (Fsp3) is 0.667. The fourth-order valence-corrected chi connectivity index (χ4v) is 2.50. The van der Waals surface area contributed by atoms with Gasteiger partial charge in [-0.25, -0.2) is 9.59 Å². The topological polar surface area (TPSA) is 109 Å². The van der Waals surface area contributed by atoms with Crippen molar-refractivity contribution in [2.45, 2.75) is 25.7 Å². The quantitative estimate of drug-likeness (QED) is 0.333. The number of rotatable bonds is 11. The van der Waals surface area contributed by atoms with Gasteiger partial charge in [-0.2, -0.15) is 25.3 Å². The van der Waals surface area contributed by atoms with Crippen molar-refractivity contribution >= 4 is 48.8 Å². The molecule has 0 spiro atoms. The molecule has 2 atom stereocenters. The van der Waals surface area contributed by atoms with Crippen molar-refractivity contribution in [2.24, 2.45) is 11.8 Å². The molecule has 2 unspecified atom stereocenters. The number of carbonyl (C=O) groups excluding carboxylic acids is 2. The van der Waals surface area contributed by atoms with Gasteiger partial charge in [0.25, 0.3) is 0 Å². The second-order valence-corrected chi connectivity index (χ2v) is 5.23. The third-order valence-electron chi connectivity index (χ3n) is 2.98. The molecule has 0 aromatic rings. The minimum atomic E-state index is -1.52. The van der Waals surface area contributed by atoms with E-state index in [-0.39, 0.29) is 25.7 Å². The van der Waals surface area contributed by atoms with E-state index in [4.69, 9.17) is 10.2 Å². The number of ketones is 2. The zero-order valence-electron chi connectivity index (χ0n) is 10.8. The number of hydrogen-bond acceptors (Lipinski definition) is 6. The zero-order chi connectivity index (χ0) is 15.7. The van der Waals surface area contributed by atoms with Gasteiger partial charge in [0.05, 0.1) is 0 Å². The van der Waals surface area contributed by atoms with Crippen LogP contribution in [-0.2, 0) is 19.2 Å². The number of carbonyl (C=O) groups is 4. The molecule has 0 radical (unpaired) electrons. The first-order valence-corrected chi connectivity index (χ1v) is 7.37. The highest BCUT2D eigenvalue weighted by atomic mass is 32.1. The molecular weight excluding hydrogens is 304 g/mol. The maximum absolute atomic E-state index is 11.5. The lowest BCUT2D eigenvalue weighted by Gasteiger charge is -2.16. The van der Waals surface area contributed by atoms with Crippen molar-refractivity contribution in [3.8, 4) is 0 Å². The average Bonchev–Trinajstić information content (AvgIpc) is 2.39. The van der Waals surface area contributed by atoms with Crippen LogP contribution in [0.15, 0.2) is 0 Å². The fourth-order valence-electron chi connectivity index (χ4n) is 1.88. The largest absolute Gasteiger partial charge is 0.475 e. The van der Waals surface area contributed by atoms with Crippen LogP contribution in [0.5, 0.6) is 0 Å². The first-order valence-electron chi connectivity index (χ1n) is 6.11. The summed E-state index contributed by atoms with van der Waals surface area (Å²) in [5.41, 5.74) is 0. The summed E-state index contributed by atoms with van der Waals surface area (Å²) in [4.78, 5) is 44.3. The third kappa shape index (κ3) is 6.42. The van der Waals surface area contributed by atoms with Gasteiger partial charge in [0.2, 0.25) is 11.6 Å². The monoisotopic (exact) mass is 322 g/mol. The number of hydrogen-bond donors (Lipinski definition) is 4. The van der Waals surface area contributed by atoms with Gasteiger partial charge in [0.1, 0.15) is 0 Å². The minimum absolute atomic E-state index is 0.156. The summed E-state index contributed by atoms with van der Waals surface area (Å²) in [7, 11) is 0. The average molecular weight is 322 g/mol. The van der Waals surface area contributed by atoms with Gasteiger partial charge in [0, 0.05) is 11.8 Å². The predicted octanol–water partition coefficient (Wildman–Crippen LogP) is 0.946. The van der Waals surface area contributed by atoms with Gasteiger partial charge < -0.3 is 10.2 Å². The Morgan fingerprint density at radius 3 is 1.20 bits per heavy atom. The second-order valence-electron chi connectivity index (χ2n) is 4.33. The number of Topliss-reactive ketones (excluding diaryl/α,β-unsaturated/α-hetero) is 2. The molecule has 20 heavy (non-hydrogen) atoms. The van der Waals surface area contributed by atoms with E-state index in [1.54, 1.807) is 0 Å². The maximum Gasteiger partial charge on any atom is 0.372 e. The number of aliphatic carboxylic acids is 2. The van der Waals surface area contributed by atoms with E-state index in [0.29, 0.717) is 11.5 Å². The molecule has 8 heteroatoms. The van der Waals surface area contributed by atoms with Crippen molar-refractivity contribution in [3.63, 3.8) is 0 Å². The van der Waals surface area contributed by atoms with E-state index in [1.807, 2.05) is 0 Å². The highest BCUT2D eigenvalue weighted by Crippen LogP contribution is 2.21. The van der Waals surface area contributed by atoms with Crippen LogP contribution in [0.2, 0.25) is 0 Å². The Kier molecular flexibility index (Phi) is 9.32. The molecule has 0 saturated carbocycles. The Hall–Kier alpha value is -1.02. The summed E-state index contributed by atoms with van der Waals surface area (Å²) in [6.07, 6.45) is 0.874.